The van der Waals surface area contributed by atoms with Crippen LogP contribution in [0.3, 0.4) is 0 Å². The fraction of sp³-hybridized carbons (Fsp3) is 0.364. The Morgan fingerprint density at radius 1 is 1.47 bits per heavy atom. The lowest BCUT2D eigenvalue weighted by atomic mass is 9.99. The number of hydrogen-bond acceptors (Lipinski definition) is 2. The molecule has 1 N–H and O–H groups in total. The summed E-state index contributed by atoms with van der Waals surface area (Å²) in [5, 5.41) is 7.34. The number of nitrogens with zero attached hydrogens (tertiary/aromatic N) is 1. The molecule has 0 fully saturated rings. The van der Waals surface area contributed by atoms with E-state index in [0.717, 1.165) is 10.9 Å². The molecule has 0 saturated carbocycles. The van der Waals surface area contributed by atoms with Crippen LogP contribution in [-0.4, -0.2) is 17.3 Å². The van der Waals surface area contributed by atoms with Gasteiger partial charge in [-0.25, -0.2) is 4.39 Å². The van der Waals surface area contributed by atoms with Crippen LogP contribution >= 0.6 is 0 Å². The van der Waals surface area contributed by atoms with Gasteiger partial charge in [0.25, 0.3) is 0 Å². The molecule has 0 spiro atoms. The minimum Gasteiger partial charge on any atom is -0.494 e. The van der Waals surface area contributed by atoms with Gasteiger partial charge in [-0.3, -0.25) is 5.10 Å². The first kappa shape index (κ1) is 9.96. The molecular formula is C11H13FN2O. The number of H-pyrrole nitrogens is 1. The average molecular weight is 208 g/mol. The molecular weight excluding hydrogens is 195 g/mol. The van der Waals surface area contributed by atoms with Crippen molar-refractivity contribution in [2.75, 3.05) is 7.11 Å². The van der Waals surface area contributed by atoms with Crippen molar-refractivity contribution in [2.24, 2.45) is 0 Å². The molecule has 80 valence electrons. The van der Waals surface area contributed by atoms with Gasteiger partial charge in [0, 0.05) is 5.39 Å². The number of aromatic nitrogens is 2. The van der Waals surface area contributed by atoms with Crippen molar-refractivity contribution in [1.82, 2.24) is 10.2 Å². The van der Waals surface area contributed by atoms with Crippen LogP contribution in [0.15, 0.2) is 12.3 Å². The fourth-order valence-electron chi connectivity index (χ4n) is 1.70. The highest BCUT2D eigenvalue weighted by atomic mass is 19.1. The Morgan fingerprint density at radius 3 is 2.80 bits per heavy atom. The standard InChI is InChI=1S/C11H13FN2O/c1-6(2)7-4-9(15-3)10(12)11-8(7)5-13-14-11/h4-6H,1-3H3,(H,13,14). The maximum atomic E-state index is 13.7. The van der Waals surface area contributed by atoms with Crippen LogP contribution in [0.1, 0.15) is 25.3 Å². The smallest absolute Gasteiger partial charge is 0.190 e. The van der Waals surface area contributed by atoms with Crippen LogP contribution in [0.25, 0.3) is 10.9 Å². The highest BCUT2D eigenvalue weighted by Crippen LogP contribution is 2.32. The van der Waals surface area contributed by atoms with Crippen molar-refractivity contribution in [3.63, 3.8) is 0 Å². The topological polar surface area (TPSA) is 37.9 Å². The van der Waals surface area contributed by atoms with Gasteiger partial charge in [0.1, 0.15) is 5.52 Å². The minimum atomic E-state index is -0.380. The summed E-state index contributed by atoms with van der Waals surface area (Å²) < 4.78 is 18.7. The van der Waals surface area contributed by atoms with E-state index in [2.05, 4.69) is 24.0 Å². The molecule has 0 atom stereocenters. The third-order valence-electron chi connectivity index (χ3n) is 2.51. The first-order chi connectivity index (χ1) is 7.15. The predicted octanol–water partition coefficient (Wildman–Crippen LogP) is 2.83. The van der Waals surface area contributed by atoms with Gasteiger partial charge >= 0.3 is 0 Å². The van der Waals surface area contributed by atoms with Gasteiger partial charge in [-0.1, -0.05) is 13.8 Å². The van der Waals surface area contributed by atoms with E-state index in [9.17, 15) is 4.39 Å². The highest BCUT2D eigenvalue weighted by Gasteiger charge is 2.15. The van der Waals surface area contributed by atoms with Gasteiger partial charge in [-0.05, 0) is 17.5 Å². The number of hydrogen-bond donors (Lipinski definition) is 1. The van der Waals surface area contributed by atoms with Crippen molar-refractivity contribution in [1.29, 1.82) is 0 Å². The minimum absolute atomic E-state index is 0.260. The normalized spacial score (nSPS) is 11.3. The number of fused-ring (bicyclic) bond motifs is 1. The number of ether oxygens (including phenoxy) is 1. The largest absolute Gasteiger partial charge is 0.494 e. The summed E-state index contributed by atoms with van der Waals surface area (Å²) in [4.78, 5) is 0. The zero-order chi connectivity index (χ0) is 11.0. The summed E-state index contributed by atoms with van der Waals surface area (Å²) in [5.74, 6) is 0.185. The molecule has 0 aliphatic rings. The van der Waals surface area contributed by atoms with Crippen LogP contribution < -0.4 is 4.74 Å². The van der Waals surface area contributed by atoms with E-state index < -0.39 is 0 Å². The zero-order valence-corrected chi connectivity index (χ0v) is 8.97. The maximum absolute atomic E-state index is 13.7. The predicted molar refractivity (Wildman–Crippen MR) is 56.7 cm³/mol. The molecule has 2 rings (SSSR count). The fourth-order valence-corrected chi connectivity index (χ4v) is 1.70. The van der Waals surface area contributed by atoms with Crippen molar-refractivity contribution in [3.05, 3.63) is 23.6 Å². The van der Waals surface area contributed by atoms with Crippen molar-refractivity contribution in [2.45, 2.75) is 19.8 Å². The van der Waals surface area contributed by atoms with Gasteiger partial charge in [0.2, 0.25) is 0 Å². The van der Waals surface area contributed by atoms with Crippen LogP contribution in [-0.2, 0) is 0 Å². The number of halogens is 1. The van der Waals surface area contributed by atoms with Crippen molar-refractivity contribution in [3.8, 4) is 5.75 Å². The second-order valence-electron chi connectivity index (χ2n) is 3.80. The van der Waals surface area contributed by atoms with E-state index in [1.807, 2.05) is 0 Å². The summed E-state index contributed by atoms with van der Waals surface area (Å²) in [5.41, 5.74) is 1.45. The molecule has 1 heterocycles. The Hall–Kier alpha value is -1.58. The van der Waals surface area contributed by atoms with Gasteiger partial charge < -0.3 is 4.74 Å². The highest BCUT2D eigenvalue weighted by molar-refractivity contribution is 5.84. The Labute approximate surface area is 87.2 Å². The number of benzene rings is 1. The van der Waals surface area contributed by atoms with E-state index in [1.165, 1.54) is 7.11 Å². The number of nitrogens with one attached hydrogen (secondary N) is 1. The van der Waals surface area contributed by atoms with Gasteiger partial charge in [0.15, 0.2) is 11.6 Å². The van der Waals surface area contributed by atoms with Crippen LogP contribution in [0, 0.1) is 5.82 Å². The Kier molecular flexibility index (Phi) is 2.34. The molecule has 0 amide bonds. The molecule has 0 saturated heterocycles. The molecule has 0 bridgehead atoms. The molecule has 15 heavy (non-hydrogen) atoms. The molecule has 0 radical (unpaired) electrons. The maximum Gasteiger partial charge on any atom is 0.190 e. The first-order valence-corrected chi connectivity index (χ1v) is 4.84. The van der Waals surface area contributed by atoms with Crippen LogP contribution in [0.2, 0.25) is 0 Å². The summed E-state index contributed by atoms with van der Waals surface area (Å²) >= 11 is 0. The third-order valence-corrected chi connectivity index (χ3v) is 2.51. The molecule has 1 aromatic carbocycles. The Bertz CT molecular complexity index is 491. The molecule has 2 aromatic rings. The molecule has 0 aliphatic heterocycles. The summed E-state index contributed by atoms with van der Waals surface area (Å²) in [6.45, 7) is 4.11. The van der Waals surface area contributed by atoms with Crippen molar-refractivity contribution < 1.29 is 9.13 Å². The van der Waals surface area contributed by atoms with Gasteiger partial charge in [-0.2, -0.15) is 5.10 Å². The lowest BCUT2D eigenvalue weighted by molar-refractivity contribution is 0.388. The van der Waals surface area contributed by atoms with E-state index in [-0.39, 0.29) is 11.6 Å². The second-order valence-corrected chi connectivity index (χ2v) is 3.80. The van der Waals surface area contributed by atoms with Crippen LogP contribution in [0.5, 0.6) is 5.75 Å². The zero-order valence-electron chi connectivity index (χ0n) is 8.97. The molecule has 0 unspecified atom stereocenters. The third kappa shape index (κ3) is 1.46. The van der Waals surface area contributed by atoms with Gasteiger partial charge in [0.05, 0.1) is 13.3 Å². The van der Waals surface area contributed by atoms with Crippen LogP contribution in [0.4, 0.5) is 4.39 Å². The molecule has 1 aromatic heterocycles. The second kappa shape index (κ2) is 3.53. The van der Waals surface area contributed by atoms with E-state index in [4.69, 9.17) is 4.74 Å². The first-order valence-electron chi connectivity index (χ1n) is 4.84. The Balaban J connectivity index is 2.80. The lowest BCUT2D eigenvalue weighted by Gasteiger charge is -2.10. The summed E-state index contributed by atoms with van der Waals surface area (Å²) in [6, 6.07) is 1.73. The summed E-state index contributed by atoms with van der Waals surface area (Å²) in [7, 11) is 1.46. The lowest BCUT2D eigenvalue weighted by Crippen LogP contribution is -1.95. The Morgan fingerprint density at radius 2 is 2.20 bits per heavy atom. The van der Waals surface area contributed by atoms with Crippen molar-refractivity contribution >= 4 is 10.9 Å². The number of methoxy groups -OCH3 is 1. The summed E-state index contributed by atoms with van der Waals surface area (Å²) in [6.07, 6.45) is 1.65. The SMILES string of the molecule is COc1cc(C(C)C)c2cn[nH]c2c1F. The average Bonchev–Trinajstić information content (AvgIpc) is 2.67. The van der Waals surface area contributed by atoms with E-state index >= 15 is 0 Å². The van der Waals surface area contributed by atoms with Gasteiger partial charge in [-0.15, -0.1) is 0 Å². The number of rotatable bonds is 2. The molecule has 4 heteroatoms. The number of aromatic amines is 1. The molecule has 3 nitrogen and oxygen atoms in total. The monoisotopic (exact) mass is 208 g/mol. The molecule has 0 aliphatic carbocycles. The van der Waals surface area contributed by atoms with E-state index in [1.54, 1.807) is 12.3 Å². The quantitative estimate of drug-likeness (QED) is 0.824. The van der Waals surface area contributed by atoms with E-state index in [0.29, 0.717) is 11.4 Å².